The molecule has 0 aliphatic carbocycles. The lowest BCUT2D eigenvalue weighted by Crippen LogP contribution is -2.08. The highest BCUT2D eigenvalue weighted by molar-refractivity contribution is 6.03. The molecule has 1 N–H and O–H groups in total. The molecular formula is C11H13NO. The second-order valence-electron chi connectivity index (χ2n) is 3.45. The number of carbonyl (C=O) groups is 1. The highest BCUT2D eigenvalue weighted by Gasteiger charge is 2.27. The molecule has 2 nitrogen and oxygen atoms in total. The number of amides is 1. The topological polar surface area (TPSA) is 29.1 Å². The summed E-state index contributed by atoms with van der Waals surface area (Å²) in [5.41, 5.74) is 3.42. The van der Waals surface area contributed by atoms with E-state index in [4.69, 9.17) is 0 Å². The minimum absolute atomic E-state index is 0.0153. The Kier molecular flexibility index (Phi) is 1.83. The average molecular weight is 175 g/mol. The Bertz CT molecular complexity index is 357. The summed E-state index contributed by atoms with van der Waals surface area (Å²) in [6.07, 6.45) is 0.968. The Morgan fingerprint density at radius 1 is 1.46 bits per heavy atom. The van der Waals surface area contributed by atoms with Crippen molar-refractivity contribution in [2.75, 3.05) is 5.32 Å². The van der Waals surface area contributed by atoms with Crippen molar-refractivity contribution in [2.24, 2.45) is 0 Å². The lowest BCUT2D eigenvalue weighted by molar-refractivity contribution is -0.116. The smallest absolute Gasteiger partial charge is 0.231 e. The van der Waals surface area contributed by atoms with E-state index in [0.29, 0.717) is 0 Å². The molecule has 68 valence electrons. The maximum Gasteiger partial charge on any atom is 0.231 e. The van der Waals surface area contributed by atoms with Crippen molar-refractivity contribution in [1.82, 2.24) is 0 Å². The van der Waals surface area contributed by atoms with Crippen LogP contribution in [0.5, 0.6) is 0 Å². The van der Waals surface area contributed by atoms with Crippen LogP contribution in [0.15, 0.2) is 18.2 Å². The first-order chi connectivity index (χ1) is 6.24. The molecule has 2 rings (SSSR count). The maximum atomic E-state index is 11.4. The second-order valence-corrected chi connectivity index (χ2v) is 3.45. The van der Waals surface area contributed by atoms with Crippen LogP contribution in [0.3, 0.4) is 0 Å². The number of aryl methyl sites for hydroxylation is 1. The van der Waals surface area contributed by atoms with Crippen molar-refractivity contribution in [3.8, 4) is 0 Å². The molecule has 13 heavy (non-hydrogen) atoms. The van der Waals surface area contributed by atoms with Gasteiger partial charge in [0.05, 0.1) is 5.92 Å². The van der Waals surface area contributed by atoms with E-state index in [1.165, 1.54) is 5.56 Å². The maximum absolute atomic E-state index is 11.4. The molecule has 1 aliphatic heterocycles. The van der Waals surface area contributed by atoms with Crippen molar-refractivity contribution in [3.05, 3.63) is 29.3 Å². The molecule has 0 saturated heterocycles. The summed E-state index contributed by atoms with van der Waals surface area (Å²) in [7, 11) is 0. The number of anilines is 1. The van der Waals surface area contributed by atoms with E-state index < -0.39 is 0 Å². The van der Waals surface area contributed by atoms with Gasteiger partial charge in [-0.05, 0) is 24.5 Å². The van der Waals surface area contributed by atoms with E-state index in [1.54, 1.807) is 0 Å². The number of nitrogens with one attached hydrogen (secondary N) is 1. The highest BCUT2D eigenvalue weighted by Crippen LogP contribution is 2.34. The molecule has 0 spiro atoms. The molecule has 0 aromatic heterocycles. The predicted octanol–water partition coefficient (Wildman–Crippen LogP) is 2.30. The van der Waals surface area contributed by atoms with E-state index >= 15 is 0 Å². The Balaban J connectivity index is 2.55. The number of hydrogen-bond donors (Lipinski definition) is 1. The number of para-hydroxylation sites is 1. The molecule has 1 heterocycles. The third-order valence-corrected chi connectivity index (χ3v) is 2.67. The highest BCUT2D eigenvalue weighted by atomic mass is 16.2. The third-order valence-electron chi connectivity index (χ3n) is 2.67. The van der Waals surface area contributed by atoms with Gasteiger partial charge in [-0.3, -0.25) is 4.79 Å². The molecule has 0 fully saturated rings. The number of fused-ring (bicyclic) bond motifs is 1. The van der Waals surface area contributed by atoms with Crippen molar-refractivity contribution in [3.63, 3.8) is 0 Å². The van der Waals surface area contributed by atoms with Gasteiger partial charge in [0.2, 0.25) is 5.91 Å². The summed E-state index contributed by atoms with van der Waals surface area (Å²) in [6, 6.07) is 6.11. The van der Waals surface area contributed by atoms with Crippen LogP contribution < -0.4 is 5.32 Å². The SMILES string of the molecule is CCc1cccc2c1NC(=O)C2C. The Morgan fingerprint density at radius 3 is 2.92 bits per heavy atom. The minimum Gasteiger partial charge on any atom is -0.325 e. The predicted molar refractivity (Wildman–Crippen MR) is 52.9 cm³/mol. The van der Waals surface area contributed by atoms with Crippen LogP contribution in [0, 0.1) is 0 Å². The van der Waals surface area contributed by atoms with E-state index in [1.807, 2.05) is 19.1 Å². The molecule has 1 amide bonds. The normalized spacial score (nSPS) is 19.8. The fourth-order valence-electron chi connectivity index (χ4n) is 1.80. The van der Waals surface area contributed by atoms with Gasteiger partial charge < -0.3 is 5.32 Å². The molecule has 1 aromatic rings. The number of benzene rings is 1. The van der Waals surface area contributed by atoms with Gasteiger partial charge in [0.25, 0.3) is 0 Å². The first kappa shape index (κ1) is 8.30. The number of rotatable bonds is 1. The van der Waals surface area contributed by atoms with Crippen LogP contribution in [0.4, 0.5) is 5.69 Å². The van der Waals surface area contributed by atoms with Gasteiger partial charge in [0, 0.05) is 5.69 Å². The van der Waals surface area contributed by atoms with Gasteiger partial charge in [-0.25, -0.2) is 0 Å². The van der Waals surface area contributed by atoms with Crippen LogP contribution in [0.2, 0.25) is 0 Å². The zero-order valence-corrected chi connectivity index (χ0v) is 7.92. The van der Waals surface area contributed by atoms with Gasteiger partial charge in [0.1, 0.15) is 0 Å². The zero-order chi connectivity index (χ0) is 9.42. The molecule has 0 radical (unpaired) electrons. The van der Waals surface area contributed by atoms with E-state index in [-0.39, 0.29) is 11.8 Å². The van der Waals surface area contributed by atoms with Crippen molar-refractivity contribution in [2.45, 2.75) is 26.2 Å². The molecular weight excluding hydrogens is 162 g/mol. The fourth-order valence-corrected chi connectivity index (χ4v) is 1.80. The monoisotopic (exact) mass is 175 g/mol. The molecule has 1 aliphatic rings. The second kappa shape index (κ2) is 2.87. The summed E-state index contributed by atoms with van der Waals surface area (Å²) in [5.74, 6) is 0.136. The van der Waals surface area contributed by atoms with Gasteiger partial charge in [-0.2, -0.15) is 0 Å². The van der Waals surface area contributed by atoms with E-state index in [9.17, 15) is 4.79 Å². The lowest BCUT2D eigenvalue weighted by atomic mass is 9.99. The molecule has 1 unspecified atom stereocenters. The van der Waals surface area contributed by atoms with Crippen LogP contribution in [-0.4, -0.2) is 5.91 Å². The molecule has 0 saturated carbocycles. The molecule has 1 aromatic carbocycles. The Hall–Kier alpha value is -1.31. The van der Waals surface area contributed by atoms with Gasteiger partial charge in [-0.1, -0.05) is 25.1 Å². The standard InChI is InChI=1S/C11H13NO/c1-3-8-5-4-6-9-7(2)11(13)12-10(8)9/h4-7H,3H2,1-2H3,(H,12,13). The van der Waals surface area contributed by atoms with Crippen molar-refractivity contribution < 1.29 is 4.79 Å². The minimum atomic E-state index is 0.0153. The first-order valence-electron chi connectivity index (χ1n) is 4.66. The Morgan fingerprint density at radius 2 is 2.23 bits per heavy atom. The molecule has 0 bridgehead atoms. The summed E-state index contributed by atoms with van der Waals surface area (Å²) in [6.45, 7) is 4.05. The van der Waals surface area contributed by atoms with Crippen molar-refractivity contribution >= 4 is 11.6 Å². The van der Waals surface area contributed by atoms with Gasteiger partial charge in [0.15, 0.2) is 0 Å². The summed E-state index contributed by atoms with van der Waals surface area (Å²) in [4.78, 5) is 11.4. The zero-order valence-electron chi connectivity index (χ0n) is 7.92. The third kappa shape index (κ3) is 1.13. The van der Waals surface area contributed by atoms with Crippen LogP contribution in [0.1, 0.15) is 30.9 Å². The van der Waals surface area contributed by atoms with Crippen LogP contribution >= 0.6 is 0 Å². The fraction of sp³-hybridized carbons (Fsp3) is 0.364. The van der Waals surface area contributed by atoms with E-state index in [0.717, 1.165) is 17.7 Å². The summed E-state index contributed by atoms with van der Waals surface area (Å²) >= 11 is 0. The largest absolute Gasteiger partial charge is 0.325 e. The van der Waals surface area contributed by atoms with Crippen LogP contribution in [0.25, 0.3) is 0 Å². The Labute approximate surface area is 78.0 Å². The summed E-state index contributed by atoms with van der Waals surface area (Å²) < 4.78 is 0. The van der Waals surface area contributed by atoms with Gasteiger partial charge in [-0.15, -0.1) is 0 Å². The molecule has 1 atom stereocenters. The molecule has 2 heteroatoms. The lowest BCUT2D eigenvalue weighted by Gasteiger charge is -2.05. The first-order valence-corrected chi connectivity index (χ1v) is 4.66. The van der Waals surface area contributed by atoms with E-state index in [2.05, 4.69) is 18.3 Å². The average Bonchev–Trinajstić information content (AvgIpc) is 2.43. The number of hydrogen-bond acceptors (Lipinski definition) is 1. The summed E-state index contributed by atoms with van der Waals surface area (Å²) in [5, 5.41) is 2.93. The quantitative estimate of drug-likeness (QED) is 0.697. The number of carbonyl (C=O) groups excluding carboxylic acids is 1. The van der Waals surface area contributed by atoms with Crippen LogP contribution in [-0.2, 0) is 11.2 Å². The van der Waals surface area contributed by atoms with Gasteiger partial charge >= 0.3 is 0 Å². The van der Waals surface area contributed by atoms with Crippen molar-refractivity contribution in [1.29, 1.82) is 0 Å².